The summed E-state index contributed by atoms with van der Waals surface area (Å²) in [7, 11) is 0. The molecule has 1 saturated carbocycles. The second-order valence-corrected chi connectivity index (χ2v) is 8.04. The monoisotopic (exact) mass is 354 g/mol. The van der Waals surface area contributed by atoms with Crippen molar-refractivity contribution >= 4 is 28.8 Å². The van der Waals surface area contributed by atoms with Crippen molar-refractivity contribution in [2.24, 2.45) is 11.3 Å². The number of carbonyl (C=O) groups excluding carboxylic acids is 2. The number of halogens is 2. The number of anilines is 1. The molecule has 0 N–H and O–H groups in total. The first kappa shape index (κ1) is 16.0. The SMILES string of the molecule is O=C(C1CC(F)(F)C1)N1CCC2(CC1)CCN(c1ccsc1)C2=O. The zero-order valence-electron chi connectivity index (χ0n) is 13.3. The van der Waals surface area contributed by atoms with Gasteiger partial charge in [0.15, 0.2) is 0 Å². The van der Waals surface area contributed by atoms with Gasteiger partial charge in [0.2, 0.25) is 17.7 Å². The van der Waals surface area contributed by atoms with Crippen LogP contribution in [0.3, 0.4) is 0 Å². The van der Waals surface area contributed by atoms with E-state index in [0.717, 1.165) is 18.7 Å². The molecule has 7 heteroatoms. The molecule has 0 radical (unpaired) electrons. The fourth-order valence-electron chi connectivity index (χ4n) is 4.19. The first-order chi connectivity index (χ1) is 11.4. The molecule has 130 valence electrons. The van der Waals surface area contributed by atoms with Gasteiger partial charge in [-0.15, -0.1) is 0 Å². The van der Waals surface area contributed by atoms with Crippen molar-refractivity contribution in [3.8, 4) is 0 Å². The molecule has 2 aliphatic heterocycles. The Kier molecular flexibility index (Phi) is 3.67. The third-order valence-corrected chi connectivity index (χ3v) is 6.47. The number of piperidine rings is 1. The summed E-state index contributed by atoms with van der Waals surface area (Å²) < 4.78 is 25.9. The van der Waals surface area contributed by atoms with Crippen molar-refractivity contribution in [2.75, 3.05) is 24.5 Å². The number of amides is 2. The van der Waals surface area contributed by atoms with E-state index in [2.05, 4.69) is 0 Å². The van der Waals surface area contributed by atoms with Crippen molar-refractivity contribution in [2.45, 2.75) is 38.0 Å². The Morgan fingerprint density at radius 1 is 1.17 bits per heavy atom. The van der Waals surface area contributed by atoms with Crippen LogP contribution >= 0.6 is 11.3 Å². The largest absolute Gasteiger partial charge is 0.342 e. The van der Waals surface area contributed by atoms with Crippen molar-refractivity contribution in [1.82, 2.24) is 4.90 Å². The van der Waals surface area contributed by atoms with Gasteiger partial charge in [-0.3, -0.25) is 9.59 Å². The molecule has 1 aromatic heterocycles. The zero-order chi connectivity index (χ0) is 16.9. The van der Waals surface area contributed by atoms with Gasteiger partial charge in [0, 0.05) is 43.8 Å². The predicted octanol–water partition coefficient (Wildman–Crippen LogP) is 3.14. The lowest BCUT2D eigenvalue weighted by atomic mass is 9.75. The lowest BCUT2D eigenvalue weighted by Crippen LogP contribution is -2.51. The number of carbonyl (C=O) groups is 2. The van der Waals surface area contributed by atoms with E-state index in [4.69, 9.17) is 0 Å². The highest BCUT2D eigenvalue weighted by Crippen LogP contribution is 2.46. The van der Waals surface area contributed by atoms with E-state index in [9.17, 15) is 18.4 Å². The van der Waals surface area contributed by atoms with Crippen LogP contribution in [0.5, 0.6) is 0 Å². The van der Waals surface area contributed by atoms with Crippen molar-refractivity contribution in [3.63, 3.8) is 0 Å². The maximum Gasteiger partial charge on any atom is 0.249 e. The molecule has 3 fully saturated rings. The predicted molar refractivity (Wildman–Crippen MR) is 87.2 cm³/mol. The van der Waals surface area contributed by atoms with E-state index in [1.54, 1.807) is 16.2 Å². The lowest BCUT2D eigenvalue weighted by molar-refractivity contribution is -0.162. The summed E-state index contributed by atoms with van der Waals surface area (Å²) >= 11 is 1.57. The number of rotatable bonds is 2. The van der Waals surface area contributed by atoms with Crippen LogP contribution in [0.1, 0.15) is 32.1 Å². The molecule has 0 bridgehead atoms. The average Bonchev–Trinajstić information content (AvgIpc) is 3.15. The Hall–Kier alpha value is -1.50. The second kappa shape index (κ2) is 5.51. The molecular weight excluding hydrogens is 334 g/mol. The van der Waals surface area contributed by atoms with Crippen LogP contribution in [0.2, 0.25) is 0 Å². The first-order valence-corrected chi connectivity index (χ1v) is 9.35. The van der Waals surface area contributed by atoms with Gasteiger partial charge in [-0.25, -0.2) is 8.78 Å². The quantitative estimate of drug-likeness (QED) is 0.819. The molecule has 3 heterocycles. The molecule has 1 aliphatic carbocycles. The van der Waals surface area contributed by atoms with Crippen LogP contribution in [0.4, 0.5) is 14.5 Å². The number of likely N-dealkylation sites (tertiary alicyclic amines) is 1. The van der Waals surface area contributed by atoms with E-state index in [1.807, 2.05) is 21.7 Å². The molecule has 0 atom stereocenters. The molecule has 0 unspecified atom stereocenters. The smallest absolute Gasteiger partial charge is 0.249 e. The van der Waals surface area contributed by atoms with Gasteiger partial charge in [-0.05, 0) is 30.7 Å². The summed E-state index contributed by atoms with van der Waals surface area (Å²) in [5.41, 5.74) is 0.583. The summed E-state index contributed by atoms with van der Waals surface area (Å²) in [5, 5.41) is 3.94. The number of thiophene rings is 1. The second-order valence-electron chi connectivity index (χ2n) is 7.26. The highest BCUT2D eigenvalue weighted by atomic mass is 32.1. The van der Waals surface area contributed by atoms with Crippen LogP contribution in [-0.4, -0.2) is 42.3 Å². The van der Waals surface area contributed by atoms with Gasteiger partial charge in [-0.2, -0.15) is 11.3 Å². The minimum Gasteiger partial charge on any atom is -0.342 e. The molecule has 3 aliphatic rings. The molecule has 0 aromatic carbocycles. The number of nitrogens with zero attached hydrogens (tertiary/aromatic N) is 2. The Morgan fingerprint density at radius 2 is 1.83 bits per heavy atom. The molecule has 4 nitrogen and oxygen atoms in total. The number of hydrogen-bond donors (Lipinski definition) is 0. The van der Waals surface area contributed by atoms with E-state index >= 15 is 0 Å². The van der Waals surface area contributed by atoms with Gasteiger partial charge in [0.25, 0.3) is 0 Å². The lowest BCUT2D eigenvalue weighted by Gasteiger charge is -2.42. The molecular formula is C17H20F2N2O2S. The number of alkyl halides is 2. The summed E-state index contributed by atoms with van der Waals surface area (Å²) in [6.07, 6.45) is 1.45. The van der Waals surface area contributed by atoms with E-state index in [1.165, 1.54) is 0 Å². The number of hydrogen-bond acceptors (Lipinski definition) is 3. The maximum absolute atomic E-state index is 13.0. The van der Waals surface area contributed by atoms with E-state index < -0.39 is 11.8 Å². The Labute approximate surface area is 143 Å². The highest BCUT2D eigenvalue weighted by Gasteiger charge is 2.52. The Morgan fingerprint density at radius 3 is 2.42 bits per heavy atom. The molecule has 1 spiro atoms. The summed E-state index contributed by atoms with van der Waals surface area (Å²) in [6.45, 7) is 1.73. The standard InChI is InChI=1S/C17H20F2N2O2S/c18-17(19)9-12(10-17)14(22)20-5-2-16(3-6-20)4-7-21(15(16)23)13-1-8-24-11-13/h1,8,11-12H,2-7,9-10H2. The van der Waals surface area contributed by atoms with Gasteiger partial charge < -0.3 is 9.80 Å². The minimum absolute atomic E-state index is 0.156. The van der Waals surface area contributed by atoms with E-state index in [0.29, 0.717) is 25.9 Å². The molecule has 1 aromatic rings. The van der Waals surface area contributed by atoms with E-state index in [-0.39, 0.29) is 30.1 Å². The van der Waals surface area contributed by atoms with Crippen LogP contribution in [-0.2, 0) is 9.59 Å². The Bertz CT molecular complexity index is 646. The minimum atomic E-state index is -2.67. The van der Waals surface area contributed by atoms with Crippen LogP contribution < -0.4 is 4.90 Å². The Balaban J connectivity index is 1.38. The van der Waals surface area contributed by atoms with Crippen molar-refractivity contribution in [1.29, 1.82) is 0 Å². The topological polar surface area (TPSA) is 40.6 Å². The first-order valence-electron chi connectivity index (χ1n) is 8.41. The van der Waals surface area contributed by atoms with Gasteiger partial charge in [0.05, 0.1) is 11.1 Å². The van der Waals surface area contributed by atoms with Crippen LogP contribution in [0, 0.1) is 11.3 Å². The van der Waals surface area contributed by atoms with Gasteiger partial charge >= 0.3 is 0 Å². The molecule has 24 heavy (non-hydrogen) atoms. The van der Waals surface area contributed by atoms with Crippen molar-refractivity contribution < 1.29 is 18.4 Å². The van der Waals surface area contributed by atoms with Crippen LogP contribution in [0.25, 0.3) is 0 Å². The summed E-state index contributed by atoms with van der Waals surface area (Å²) in [6, 6.07) is 1.96. The van der Waals surface area contributed by atoms with Crippen LogP contribution in [0.15, 0.2) is 16.8 Å². The average molecular weight is 354 g/mol. The third-order valence-electron chi connectivity index (χ3n) is 5.80. The maximum atomic E-state index is 13.0. The molecule has 2 saturated heterocycles. The fraction of sp³-hybridized carbons (Fsp3) is 0.647. The molecule has 2 amide bonds. The summed E-state index contributed by atoms with van der Waals surface area (Å²) in [4.78, 5) is 28.7. The zero-order valence-corrected chi connectivity index (χ0v) is 14.2. The van der Waals surface area contributed by atoms with Gasteiger partial charge in [-0.1, -0.05) is 0 Å². The van der Waals surface area contributed by atoms with Gasteiger partial charge in [0.1, 0.15) is 0 Å². The highest BCUT2D eigenvalue weighted by molar-refractivity contribution is 7.08. The molecule has 4 rings (SSSR count). The van der Waals surface area contributed by atoms with Crippen molar-refractivity contribution in [3.05, 3.63) is 16.8 Å². The normalized spacial score (nSPS) is 26.0. The third kappa shape index (κ3) is 2.53. The summed E-state index contributed by atoms with van der Waals surface area (Å²) in [5.74, 6) is -3.20. The fourth-order valence-corrected chi connectivity index (χ4v) is 4.83.